The maximum absolute atomic E-state index is 9.36. The van der Waals surface area contributed by atoms with Crippen LogP contribution in [-0.4, -0.2) is 5.11 Å². The molecule has 2 unspecified atom stereocenters. The summed E-state index contributed by atoms with van der Waals surface area (Å²) < 4.78 is 0. The number of benzene rings is 2. The molecule has 0 saturated heterocycles. The Bertz CT molecular complexity index is 530. The Kier molecular flexibility index (Phi) is 4.80. The van der Waals surface area contributed by atoms with Gasteiger partial charge in [-0.1, -0.05) is 38.1 Å². The molecule has 0 aliphatic carbocycles. The summed E-state index contributed by atoms with van der Waals surface area (Å²) in [5.74, 6) is 1.39. The first-order chi connectivity index (χ1) is 9.60. The standard InChI is InChI=1S/C18H23NO/c1-3-14(16-4-8-17(19)9-5-16)12-13(2)15-6-10-18(20)11-7-15/h4-11,13-14,20H,3,12,19H2,1-2H3/p+1. The van der Waals surface area contributed by atoms with Crippen LogP contribution in [-0.2, 0) is 0 Å². The van der Waals surface area contributed by atoms with Crippen molar-refractivity contribution in [1.82, 2.24) is 0 Å². The molecule has 0 bridgehead atoms. The zero-order valence-electron chi connectivity index (χ0n) is 12.3. The van der Waals surface area contributed by atoms with E-state index in [-0.39, 0.29) is 0 Å². The molecule has 0 spiro atoms. The fourth-order valence-electron chi connectivity index (χ4n) is 2.69. The van der Waals surface area contributed by atoms with Gasteiger partial charge in [-0.3, -0.25) is 0 Å². The number of aromatic hydroxyl groups is 1. The molecule has 4 N–H and O–H groups in total. The zero-order chi connectivity index (χ0) is 14.5. The second-order valence-corrected chi connectivity index (χ2v) is 5.58. The van der Waals surface area contributed by atoms with Crippen LogP contribution in [0.15, 0.2) is 48.5 Å². The van der Waals surface area contributed by atoms with Crippen LogP contribution in [0.1, 0.15) is 49.7 Å². The van der Waals surface area contributed by atoms with Gasteiger partial charge in [0.1, 0.15) is 11.4 Å². The zero-order valence-corrected chi connectivity index (χ0v) is 12.3. The molecular weight excluding hydrogens is 246 g/mol. The molecule has 0 radical (unpaired) electrons. The molecule has 2 aromatic rings. The lowest BCUT2D eigenvalue weighted by molar-refractivity contribution is -0.254. The summed E-state index contributed by atoms with van der Waals surface area (Å²) in [5.41, 5.74) is 7.69. The lowest BCUT2D eigenvalue weighted by Gasteiger charge is -2.20. The SMILES string of the molecule is CCC(CC(C)c1ccc(O)cc1)c1ccc([NH3+])cc1. The number of phenolic OH excluding ortho intramolecular Hbond substituents is 1. The minimum absolute atomic E-state index is 0.332. The maximum Gasteiger partial charge on any atom is 0.127 e. The summed E-state index contributed by atoms with van der Waals surface area (Å²) in [6.45, 7) is 4.50. The summed E-state index contributed by atoms with van der Waals surface area (Å²) in [6, 6.07) is 16.1. The maximum atomic E-state index is 9.36. The third-order valence-corrected chi connectivity index (χ3v) is 4.04. The second-order valence-electron chi connectivity index (χ2n) is 5.58. The Morgan fingerprint density at radius 3 is 2.05 bits per heavy atom. The van der Waals surface area contributed by atoms with Crippen molar-refractivity contribution in [2.75, 3.05) is 0 Å². The highest BCUT2D eigenvalue weighted by molar-refractivity contribution is 5.33. The van der Waals surface area contributed by atoms with Gasteiger partial charge >= 0.3 is 0 Å². The van der Waals surface area contributed by atoms with E-state index >= 15 is 0 Å². The van der Waals surface area contributed by atoms with Gasteiger partial charge in [-0.2, -0.15) is 0 Å². The molecule has 2 aromatic carbocycles. The number of hydrogen-bond donors (Lipinski definition) is 2. The van der Waals surface area contributed by atoms with Crippen molar-refractivity contribution in [3.63, 3.8) is 0 Å². The van der Waals surface area contributed by atoms with E-state index in [0.29, 0.717) is 17.6 Å². The molecule has 2 atom stereocenters. The van der Waals surface area contributed by atoms with Crippen LogP contribution >= 0.6 is 0 Å². The van der Waals surface area contributed by atoms with Gasteiger partial charge in [0, 0.05) is 0 Å². The molecule has 0 aliphatic rings. The molecule has 0 amide bonds. The van der Waals surface area contributed by atoms with Crippen molar-refractivity contribution in [3.05, 3.63) is 59.7 Å². The Hall–Kier alpha value is -1.80. The van der Waals surface area contributed by atoms with Gasteiger partial charge in [0.15, 0.2) is 0 Å². The summed E-state index contributed by atoms with van der Waals surface area (Å²) in [5, 5.41) is 9.36. The lowest BCUT2D eigenvalue weighted by atomic mass is 9.84. The quantitative estimate of drug-likeness (QED) is 0.849. The molecule has 0 aliphatic heterocycles. The highest BCUT2D eigenvalue weighted by Crippen LogP contribution is 2.32. The number of hydrogen-bond acceptors (Lipinski definition) is 1. The predicted octanol–water partition coefficient (Wildman–Crippen LogP) is 3.95. The molecule has 0 aromatic heterocycles. The van der Waals surface area contributed by atoms with Crippen LogP contribution in [0.4, 0.5) is 5.69 Å². The molecule has 0 saturated carbocycles. The highest BCUT2D eigenvalue weighted by Gasteiger charge is 2.15. The van der Waals surface area contributed by atoms with Crippen molar-refractivity contribution in [2.24, 2.45) is 0 Å². The molecule has 2 rings (SSSR count). The van der Waals surface area contributed by atoms with Crippen LogP contribution in [0.2, 0.25) is 0 Å². The number of rotatable bonds is 5. The van der Waals surface area contributed by atoms with Crippen LogP contribution in [0.5, 0.6) is 5.75 Å². The largest absolute Gasteiger partial charge is 0.508 e. The van der Waals surface area contributed by atoms with Crippen molar-refractivity contribution in [3.8, 4) is 5.75 Å². The van der Waals surface area contributed by atoms with Gasteiger partial charge in [0.25, 0.3) is 0 Å². The predicted molar refractivity (Wildman–Crippen MR) is 83.2 cm³/mol. The van der Waals surface area contributed by atoms with Crippen LogP contribution in [0.25, 0.3) is 0 Å². The Balaban J connectivity index is 2.09. The van der Waals surface area contributed by atoms with Gasteiger partial charge in [0.05, 0.1) is 0 Å². The molecule has 106 valence electrons. The number of phenols is 1. The summed E-state index contributed by atoms with van der Waals surface area (Å²) in [6.07, 6.45) is 2.26. The Labute approximate surface area is 121 Å². The van der Waals surface area contributed by atoms with Crippen molar-refractivity contribution >= 4 is 5.69 Å². The topological polar surface area (TPSA) is 47.9 Å². The van der Waals surface area contributed by atoms with Crippen LogP contribution in [0, 0.1) is 0 Å². The number of quaternary nitrogens is 1. The molecule has 2 nitrogen and oxygen atoms in total. The second kappa shape index (κ2) is 6.58. The Morgan fingerprint density at radius 1 is 0.950 bits per heavy atom. The molecule has 2 heteroatoms. The normalized spacial score (nSPS) is 13.9. The van der Waals surface area contributed by atoms with E-state index in [4.69, 9.17) is 0 Å². The first-order valence-corrected chi connectivity index (χ1v) is 7.31. The van der Waals surface area contributed by atoms with Crippen LogP contribution in [0.3, 0.4) is 0 Å². The van der Waals surface area contributed by atoms with Crippen molar-refractivity contribution in [2.45, 2.75) is 38.5 Å². The van der Waals surface area contributed by atoms with Crippen molar-refractivity contribution in [1.29, 1.82) is 0 Å². The summed E-state index contributed by atoms with van der Waals surface area (Å²) in [4.78, 5) is 0. The van der Waals surface area contributed by atoms with E-state index in [1.807, 2.05) is 12.1 Å². The smallest absolute Gasteiger partial charge is 0.127 e. The van der Waals surface area contributed by atoms with Gasteiger partial charge < -0.3 is 10.8 Å². The third kappa shape index (κ3) is 3.61. The molecular formula is C18H24NO+. The average molecular weight is 270 g/mol. The minimum atomic E-state index is 0.332. The average Bonchev–Trinajstić information content (AvgIpc) is 2.46. The summed E-state index contributed by atoms with van der Waals surface area (Å²) >= 11 is 0. The molecule has 0 heterocycles. The molecule has 20 heavy (non-hydrogen) atoms. The van der Waals surface area contributed by atoms with E-state index in [0.717, 1.165) is 18.5 Å². The molecule has 0 fully saturated rings. The first-order valence-electron chi connectivity index (χ1n) is 7.31. The fourth-order valence-corrected chi connectivity index (χ4v) is 2.69. The van der Waals surface area contributed by atoms with E-state index in [1.54, 1.807) is 12.1 Å². The summed E-state index contributed by atoms with van der Waals surface area (Å²) in [7, 11) is 0. The van der Waals surface area contributed by atoms with E-state index < -0.39 is 0 Å². The fraction of sp³-hybridized carbons (Fsp3) is 0.333. The minimum Gasteiger partial charge on any atom is -0.508 e. The monoisotopic (exact) mass is 270 g/mol. The van der Waals surface area contributed by atoms with Crippen LogP contribution < -0.4 is 5.73 Å². The van der Waals surface area contributed by atoms with Gasteiger partial charge in [-0.15, -0.1) is 0 Å². The van der Waals surface area contributed by atoms with Gasteiger partial charge in [-0.05, 0) is 60.1 Å². The third-order valence-electron chi connectivity index (χ3n) is 4.04. The Morgan fingerprint density at radius 2 is 1.50 bits per heavy atom. The van der Waals surface area contributed by atoms with E-state index in [1.165, 1.54) is 11.1 Å². The van der Waals surface area contributed by atoms with E-state index in [9.17, 15) is 5.11 Å². The van der Waals surface area contributed by atoms with Crippen molar-refractivity contribution < 1.29 is 10.8 Å². The van der Waals surface area contributed by atoms with Gasteiger partial charge in [-0.25, -0.2) is 0 Å². The lowest BCUT2D eigenvalue weighted by Crippen LogP contribution is -2.39. The highest BCUT2D eigenvalue weighted by atomic mass is 16.3. The first kappa shape index (κ1) is 14.6. The van der Waals surface area contributed by atoms with Gasteiger partial charge in [0.2, 0.25) is 0 Å². The van der Waals surface area contributed by atoms with E-state index in [2.05, 4.69) is 43.8 Å².